The fraction of sp³-hybridized carbons (Fsp3) is 0.364. The fourth-order valence-electron chi connectivity index (χ4n) is 1.22. The third-order valence-electron chi connectivity index (χ3n) is 2.18. The number of aryl methyl sites for hydroxylation is 1. The van der Waals surface area contributed by atoms with Crippen molar-refractivity contribution in [3.8, 4) is 0 Å². The molecule has 1 aromatic carbocycles. The van der Waals surface area contributed by atoms with Crippen molar-refractivity contribution in [2.24, 2.45) is 5.73 Å². The number of nitrogens with two attached hydrogens (primary N) is 1. The van der Waals surface area contributed by atoms with E-state index in [1.165, 1.54) is 5.56 Å². The van der Waals surface area contributed by atoms with E-state index in [0.29, 0.717) is 0 Å². The molecule has 0 aliphatic carbocycles. The minimum Gasteiger partial charge on any atom is -0.480 e. The third-order valence-corrected chi connectivity index (χ3v) is 2.18. The molecular formula is C11H16N2O2. The lowest BCUT2D eigenvalue weighted by Crippen LogP contribution is -2.36. The SMILES string of the molecule is CCc1cccc(NCC(N)C(=O)O)c1. The zero-order valence-electron chi connectivity index (χ0n) is 8.73. The maximum absolute atomic E-state index is 10.5. The number of rotatable bonds is 5. The molecule has 0 heterocycles. The van der Waals surface area contributed by atoms with Crippen LogP contribution in [0, 0.1) is 0 Å². The molecule has 0 fully saturated rings. The molecule has 0 aromatic heterocycles. The molecule has 15 heavy (non-hydrogen) atoms. The van der Waals surface area contributed by atoms with Crippen LogP contribution in [-0.2, 0) is 11.2 Å². The predicted molar refractivity (Wildman–Crippen MR) is 59.9 cm³/mol. The van der Waals surface area contributed by atoms with Gasteiger partial charge < -0.3 is 16.2 Å². The molecule has 0 bridgehead atoms. The van der Waals surface area contributed by atoms with E-state index in [1.54, 1.807) is 0 Å². The van der Waals surface area contributed by atoms with Crippen LogP contribution in [0.25, 0.3) is 0 Å². The van der Waals surface area contributed by atoms with Crippen LogP contribution in [0.4, 0.5) is 5.69 Å². The summed E-state index contributed by atoms with van der Waals surface area (Å²) in [4.78, 5) is 10.5. The second-order valence-electron chi connectivity index (χ2n) is 3.38. The van der Waals surface area contributed by atoms with Crippen molar-refractivity contribution in [3.63, 3.8) is 0 Å². The summed E-state index contributed by atoms with van der Waals surface area (Å²) >= 11 is 0. The summed E-state index contributed by atoms with van der Waals surface area (Å²) in [5.74, 6) is -0.992. The van der Waals surface area contributed by atoms with Crippen LogP contribution in [-0.4, -0.2) is 23.7 Å². The first kappa shape index (κ1) is 11.5. The molecule has 1 atom stereocenters. The topological polar surface area (TPSA) is 75.3 Å². The van der Waals surface area contributed by atoms with E-state index in [-0.39, 0.29) is 6.54 Å². The highest BCUT2D eigenvalue weighted by Gasteiger charge is 2.10. The van der Waals surface area contributed by atoms with Crippen LogP contribution in [0.15, 0.2) is 24.3 Å². The van der Waals surface area contributed by atoms with Crippen LogP contribution in [0.1, 0.15) is 12.5 Å². The highest BCUT2D eigenvalue weighted by molar-refractivity contribution is 5.74. The molecule has 1 unspecified atom stereocenters. The lowest BCUT2D eigenvalue weighted by molar-refractivity contribution is -0.138. The van der Waals surface area contributed by atoms with Gasteiger partial charge in [-0.25, -0.2) is 0 Å². The summed E-state index contributed by atoms with van der Waals surface area (Å²) in [7, 11) is 0. The Kier molecular flexibility index (Phi) is 4.12. The number of hydrogen-bond donors (Lipinski definition) is 3. The van der Waals surface area contributed by atoms with Gasteiger partial charge in [-0.15, -0.1) is 0 Å². The van der Waals surface area contributed by atoms with Gasteiger partial charge in [0.1, 0.15) is 6.04 Å². The van der Waals surface area contributed by atoms with Crippen LogP contribution in [0.3, 0.4) is 0 Å². The molecule has 0 radical (unpaired) electrons. The van der Waals surface area contributed by atoms with Gasteiger partial charge in [0, 0.05) is 12.2 Å². The van der Waals surface area contributed by atoms with Gasteiger partial charge in [-0.05, 0) is 24.1 Å². The Labute approximate surface area is 89.1 Å². The van der Waals surface area contributed by atoms with E-state index in [9.17, 15) is 4.79 Å². The van der Waals surface area contributed by atoms with Crippen LogP contribution in [0.5, 0.6) is 0 Å². The molecule has 0 amide bonds. The van der Waals surface area contributed by atoms with Gasteiger partial charge in [0.05, 0.1) is 0 Å². The third kappa shape index (κ3) is 3.59. The normalized spacial score (nSPS) is 12.1. The molecule has 0 saturated heterocycles. The molecule has 4 heteroatoms. The summed E-state index contributed by atoms with van der Waals surface area (Å²) in [5, 5.41) is 11.6. The zero-order chi connectivity index (χ0) is 11.3. The monoisotopic (exact) mass is 208 g/mol. The number of anilines is 1. The molecular weight excluding hydrogens is 192 g/mol. The fourth-order valence-corrected chi connectivity index (χ4v) is 1.22. The molecule has 4 N–H and O–H groups in total. The van der Waals surface area contributed by atoms with Crippen molar-refractivity contribution in [2.75, 3.05) is 11.9 Å². The molecule has 0 spiro atoms. The maximum Gasteiger partial charge on any atom is 0.322 e. The Bertz CT molecular complexity index is 339. The molecule has 4 nitrogen and oxygen atoms in total. The second-order valence-corrected chi connectivity index (χ2v) is 3.38. The van der Waals surface area contributed by atoms with Crippen molar-refractivity contribution in [3.05, 3.63) is 29.8 Å². The number of carboxylic acids is 1. The Balaban J connectivity index is 2.53. The predicted octanol–water partition coefficient (Wildman–Crippen LogP) is 1.07. The van der Waals surface area contributed by atoms with E-state index in [4.69, 9.17) is 10.8 Å². The van der Waals surface area contributed by atoms with Crippen molar-refractivity contribution >= 4 is 11.7 Å². The van der Waals surface area contributed by atoms with Crippen molar-refractivity contribution in [1.29, 1.82) is 0 Å². The summed E-state index contributed by atoms with van der Waals surface area (Å²) < 4.78 is 0. The molecule has 1 rings (SSSR count). The standard InChI is InChI=1S/C11H16N2O2/c1-2-8-4-3-5-9(6-8)13-7-10(12)11(14)15/h3-6,10,13H,2,7,12H2,1H3,(H,14,15). The first-order chi connectivity index (χ1) is 7.13. The Morgan fingerprint density at radius 1 is 1.60 bits per heavy atom. The van der Waals surface area contributed by atoms with E-state index in [1.807, 2.05) is 24.3 Å². The van der Waals surface area contributed by atoms with E-state index in [0.717, 1.165) is 12.1 Å². The zero-order valence-corrected chi connectivity index (χ0v) is 8.73. The van der Waals surface area contributed by atoms with Gasteiger partial charge >= 0.3 is 5.97 Å². The largest absolute Gasteiger partial charge is 0.480 e. The minimum atomic E-state index is -0.992. The van der Waals surface area contributed by atoms with E-state index < -0.39 is 12.0 Å². The number of carbonyl (C=O) groups is 1. The number of nitrogens with one attached hydrogen (secondary N) is 1. The minimum absolute atomic E-state index is 0.239. The smallest absolute Gasteiger partial charge is 0.322 e. The summed E-state index contributed by atoms with van der Waals surface area (Å²) in [6.07, 6.45) is 0.959. The second kappa shape index (κ2) is 5.36. The van der Waals surface area contributed by atoms with Crippen LogP contribution < -0.4 is 11.1 Å². The van der Waals surface area contributed by atoms with Gasteiger partial charge in [-0.1, -0.05) is 19.1 Å². The highest BCUT2D eigenvalue weighted by Crippen LogP contribution is 2.10. The maximum atomic E-state index is 10.5. The van der Waals surface area contributed by atoms with Gasteiger partial charge in [-0.2, -0.15) is 0 Å². The number of benzene rings is 1. The summed E-state index contributed by atoms with van der Waals surface area (Å²) in [6.45, 7) is 2.31. The van der Waals surface area contributed by atoms with E-state index >= 15 is 0 Å². The molecule has 0 aliphatic rings. The molecule has 82 valence electrons. The number of aliphatic carboxylic acids is 1. The highest BCUT2D eigenvalue weighted by atomic mass is 16.4. The average Bonchev–Trinajstić information content (AvgIpc) is 2.26. The van der Waals surface area contributed by atoms with Crippen molar-refractivity contribution < 1.29 is 9.90 Å². The van der Waals surface area contributed by atoms with E-state index in [2.05, 4.69) is 12.2 Å². The van der Waals surface area contributed by atoms with Crippen molar-refractivity contribution in [1.82, 2.24) is 0 Å². The number of hydrogen-bond acceptors (Lipinski definition) is 3. The first-order valence-corrected chi connectivity index (χ1v) is 4.94. The lowest BCUT2D eigenvalue weighted by Gasteiger charge is -2.10. The summed E-state index contributed by atoms with van der Waals surface area (Å²) in [5.41, 5.74) is 7.49. The molecule has 0 aliphatic heterocycles. The average molecular weight is 208 g/mol. The van der Waals surface area contributed by atoms with Gasteiger partial charge in [0.2, 0.25) is 0 Å². The van der Waals surface area contributed by atoms with Crippen LogP contribution >= 0.6 is 0 Å². The summed E-state index contributed by atoms with van der Waals surface area (Å²) in [6, 6.07) is 6.99. The number of carboxylic acid groups (broad SMARTS) is 1. The first-order valence-electron chi connectivity index (χ1n) is 4.94. The Morgan fingerprint density at radius 2 is 2.33 bits per heavy atom. The Hall–Kier alpha value is -1.55. The van der Waals surface area contributed by atoms with Gasteiger partial charge in [-0.3, -0.25) is 4.79 Å². The molecule has 1 aromatic rings. The van der Waals surface area contributed by atoms with Crippen LogP contribution in [0.2, 0.25) is 0 Å². The van der Waals surface area contributed by atoms with Gasteiger partial charge in [0.15, 0.2) is 0 Å². The molecule has 0 saturated carbocycles. The van der Waals surface area contributed by atoms with Crippen molar-refractivity contribution in [2.45, 2.75) is 19.4 Å². The quantitative estimate of drug-likeness (QED) is 0.676. The Morgan fingerprint density at radius 3 is 2.93 bits per heavy atom. The van der Waals surface area contributed by atoms with Gasteiger partial charge in [0.25, 0.3) is 0 Å². The lowest BCUT2D eigenvalue weighted by atomic mass is 10.1.